The molecule has 1 fully saturated rings. The number of nitrogens with one attached hydrogen (secondary N) is 3. The molecule has 0 radical (unpaired) electrons. The smallest absolute Gasteiger partial charge is 0.138 e. The molecule has 0 aliphatic carbocycles. The molecule has 3 aromatic carbocycles. The number of aryl methyl sites for hydroxylation is 1. The average molecular weight is 498 g/mol. The van der Waals surface area contributed by atoms with E-state index in [2.05, 4.69) is 79.0 Å². The summed E-state index contributed by atoms with van der Waals surface area (Å²) in [6.07, 6.45) is 4.93. The van der Waals surface area contributed by atoms with E-state index in [1.807, 2.05) is 49.6 Å². The molecule has 0 saturated carbocycles. The van der Waals surface area contributed by atoms with E-state index in [4.69, 9.17) is 4.98 Å². The first-order valence-electron chi connectivity index (χ1n) is 12.9. The second-order valence-corrected chi connectivity index (χ2v) is 9.73. The maximum atomic E-state index is 4.81. The van der Waals surface area contributed by atoms with Gasteiger partial charge in [0, 0.05) is 70.6 Å². The third-order valence-corrected chi connectivity index (χ3v) is 7.05. The van der Waals surface area contributed by atoms with Crippen LogP contribution in [0.4, 0.5) is 28.4 Å². The van der Waals surface area contributed by atoms with E-state index in [9.17, 15) is 0 Å². The molecule has 0 atom stereocenters. The molecule has 7 nitrogen and oxygen atoms in total. The van der Waals surface area contributed by atoms with Gasteiger partial charge in [0.15, 0.2) is 0 Å². The van der Waals surface area contributed by atoms with Gasteiger partial charge in [-0.2, -0.15) is 0 Å². The lowest BCUT2D eigenvalue weighted by Crippen LogP contribution is -2.36. The van der Waals surface area contributed by atoms with Crippen LogP contribution < -0.4 is 15.5 Å². The molecule has 38 heavy (non-hydrogen) atoms. The fraction of sp³-hybridized carbons (Fsp3) is 0.129. The minimum Gasteiger partial charge on any atom is -0.371 e. The molecule has 3 aromatic heterocycles. The van der Waals surface area contributed by atoms with Gasteiger partial charge in [0.1, 0.15) is 5.82 Å². The van der Waals surface area contributed by atoms with Crippen LogP contribution in [0.25, 0.3) is 33.3 Å². The molecule has 0 amide bonds. The summed E-state index contributed by atoms with van der Waals surface area (Å²) in [5.74, 6) is 0.844. The number of fused-ring (bicyclic) bond motifs is 2. The molecule has 1 aliphatic rings. The van der Waals surface area contributed by atoms with E-state index >= 15 is 0 Å². The number of hydrogen-bond acceptors (Lipinski definition) is 6. The van der Waals surface area contributed by atoms with Gasteiger partial charge in [0.2, 0.25) is 0 Å². The van der Waals surface area contributed by atoms with Crippen molar-refractivity contribution < 1.29 is 0 Å². The fourth-order valence-electron chi connectivity index (χ4n) is 4.90. The maximum absolute atomic E-state index is 4.81. The quantitative estimate of drug-likeness (QED) is 0.226. The molecular weight excluding hydrogens is 470 g/mol. The summed E-state index contributed by atoms with van der Waals surface area (Å²) in [4.78, 5) is 19.5. The first-order chi connectivity index (χ1) is 18.7. The molecule has 0 bridgehead atoms. The largest absolute Gasteiger partial charge is 0.371 e. The second-order valence-electron chi connectivity index (χ2n) is 9.73. The maximum Gasteiger partial charge on any atom is 0.138 e. The molecule has 186 valence electrons. The van der Waals surface area contributed by atoms with E-state index in [0.717, 1.165) is 74.9 Å². The number of pyridine rings is 2. The Bertz CT molecular complexity index is 1770. The number of rotatable bonds is 6. The Morgan fingerprint density at radius 1 is 0.737 bits per heavy atom. The van der Waals surface area contributed by atoms with Crippen molar-refractivity contribution in [3.05, 3.63) is 97.0 Å². The van der Waals surface area contributed by atoms with E-state index in [0.29, 0.717) is 0 Å². The molecule has 1 aliphatic heterocycles. The highest BCUT2D eigenvalue weighted by molar-refractivity contribution is 5.95. The minimum atomic E-state index is 0.844. The SMILES string of the molecule is Cc1cc(Nc2ccc3nc(-c4ccc(Nc5ccnc6ccc(N7CCC7)cc56)cc4)[nH]c3c2)ccn1. The normalized spacial score (nSPS) is 13.0. The predicted octanol–water partition coefficient (Wildman–Crippen LogP) is 7.18. The number of H-pyrrole nitrogens is 1. The Hall–Kier alpha value is -4.91. The van der Waals surface area contributed by atoms with Crippen LogP contribution in [0.2, 0.25) is 0 Å². The van der Waals surface area contributed by atoms with Gasteiger partial charge in [0.25, 0.3) is 0 Å². The molecule has 6 aromatic rings. The lowest BCUT2D eigenvalue weighted by atomic mass is 10.1. The highest BCUT2D eigenvalue weighted by Crippen LogP contribution is 2.31. The van der Waals surface area contributed by atoms with Crippen molar-refractivity contribution in [2.75, 3.05) is 28.6 Å². The topological polar surface area (TPSA) is 81.8 Å². The van der Waals surface area contributed by atoms with Crippen molar-refractivity contribution >= 4 is 50.4 Å². The van der Waals surface area contributed by atoms with Gasteiger partial charge in [-0.1, -0.05) is 0 Å². The molecule has 3 N–H and O–H groups in total. The zero-order valence-electron chi connectivity index (χ0n) is 21.1. The Kier molecular flexibility index (Phi) is 5.39. The van der Waals surface area contributed by atoms with Crippen LogP contribution in [-0.4, -0.2) is 33.0 Å². The van der Waals surface area contributed by atoms with Crippen LogP contribution in [-0.2, 0) is 0 Å². The van der Waals surface area contributed by atoms with E-state index < -0.39 is 0 Å². The van der Waals surface area contributed by atoms with Gasteiger partial charge in [-0.05, 0) is 92.2 Å². The Morgan fingerprint density at radius 2 is 1.53 bits per heavy atom. The molecule has 4 heterocycles. The molecule has 7 heteroatoms. The molecule has 7 rings (SSSR count). The predicted molar refractivity (Wildman–Crippen MR) is 156 cm³/mol. The lowest BCUT2D eigenvalue weighted by Gasteiger charge is -2.33. The lowest BCUT2D eigenvalue weighted by molar-refractivity contribution is 0.618. The summed E-state index contributed by atoms with van der Waals surface area (Å²) < 4.78 is 0. The summed E-state index contributed by atoms with van der Waals surface area (Å²) in [5.41, 5.74) is 10.3. The number of aromatic nitrogens is 4. The third kappa shape index (κ3) is 4.28. The van der Waals surface area contributed by atoms with Crippen molar-refractivity contribution in [2.45, 2.75) is 13.3 Å². The van der Waals surface area contributed by atoms with Gasteiger partial charge in [-0.3, -0.25) is 9.97 Å². The Labute approximate surface area is 220 Å². The first kappa shape index (κ1) is 22.3. The molecule has 0 unspecified atom stereocenters. The second kappa shape index (κ2) is 9.19. The molecular formula is C31H27N7. The monoisotopic (exact) mass is 497 g/mol. The van der Waals surface area contributed by atoms with E-state index in [1.54, 1.807) is 0 Å². The zero-order chi connectivity index (χ0) is 25.5. The molecule has 1 saturated heterocycles. The van der Waals surface area contributed by atoms with Crippen molar-refractivity contribution in [1.29, 1.82) is 0 Å². The van der Waals surface area contributed by atoms with Crippen molar-refractivity contribution in [3.8, 4) is 11.4 Å². The third-order valence-electron chi connectivity index (χ3n) is 7.05. The van der Waals surface area contributed by atoms with Gasteiger partial charge in [-0.25, -0.2) is 4.98 Å². The summed E-state index contributed by atoms with van der Waals surface area (Å²) in [6.45, 7) is 4.24. The van der Waals surface area contributed by atoms with Crippen molar-refractivity contribution in [2.24, 2.45) is 0 Å². The highest BCUT2D eigenvalue weighted by Gasteiger charge is 2.15. The highest BCUT2D eigenvalue weighted by atomic mass is 15.2. The summed E-state index contributed by atoms with van der Waals surface area (Å²) >= 11 is 0. The summed E-state index contributed by atoms with van der Waals surface area (Å²) in [6, 6.07) is 27.1. The van der Waals surface area contributed by atoms with Crippen molar-refractivity contribution in [1.82, 2.24) is 19.9 Å². The van der Waals surface area contributed by atoms with Gasteiger partial charge < -0.3 is 20.5 Å². The Morgan fingerprint density at radius 3 is 2.34 bits per heavy atom. The zero-order valence-corrected chi connectivity index (χ0v) is 21.1. The number of nitrogens with zero attached hydrogens (tertiary/aromatic N) is 4. The van der Waals surface area contributed by atoms with Crippen molar-refractivity contribution in [3.63, 3.8) is 0 Å². The molecule has 0 spiro atoms. The number of aromatic amines is 1. The van der Waals surface area contributed by atoms with Crippen LogP contribution >= 0.6 is 0 Å². The van der Waals surface area contributed by atoms with E-state index in [-0.39, 0.29) is 0 Å². The minimum absolute atomic E-state index is 0.844. The number of anilines is 5. The van der Waals surface area contributed by atoms with E-state index in [1.165, 1.54) is 12.1 Å². The fourth-order valence-corrected chi connectivity index (χ4v) is 4.90. The van der Waals surface area contributed by atoms with Crippen LogP contribution in [0.3, 0.4) is 0 Å². The summed E-state index contributed by atoms with van der Waals surface area (Å²) in [5, 5.41) is 8.16. The van der Waals surface area contributed by atoms with Crippen LogP contribution in [0.1, 0.15) is 12.1 Å². The van der Waals surface area contributed by atoms with Crippen LogP contribution in [0.15, 0.2) is 91.3 Å². The van der Waals surface area contributed by atoms with Gasteiger partial charge in [0.05, 0.1) is 16.6 Å². The van der Waals surface area contributed by atoms with Gasteiger partial charge in [-0.15, -0.1) is 0 Å². The standard InChI is InChI=1S/C31H27N7/c1-20-17-24(11-13-32-20)34-23-7-9-29-30(18-23)37-31(36-29)21-3-5-22(6-4-21)35-28-12-14-33-27-10-8-25(19-26(27)28)38-15-2-16-38/h3-14,17-19H,2,15-16H2,1H3,(H,32,34)(H,33,35)(H,36,37). The number of imidazole rings is 1. The van der Waals surface area contributed by atoms with Crippen LogP contribution in [0.5, 0.6) is 0 Å². The van der Waals surface area contributed by atoms with Gasteiger partial charge >= 0.3 is 0 Å². The van der Waals surface area contributed by atoms with Crippen LogP contribution in [0, 0.1) is 6.92 Å². The average Bonchev–Trinajstić information content (AvgIpc) is 3.32. The first-order valence-corrected chi connectivity index (χ1v) is 12.9. The number of benzene rings is 3. The number of hydrogen-bond donors (Lipinski definition) is 3. The summed E-state index contributed by atoms with van der Waals surface area (Å²) in [7, 11) is 0. The Balaban J connectivity index is 1.12.